The summed E-state index contributed by atoms with van der Waals surface area (Å²) in [5.41, 5.74) is 1.03. The van der Waals surface area contributed by atoms with Gasteiger partial charge in [-0.1, -0.05) is 35.5 Å². The summed E-state index contributed by atoms with van der Waals surface area (Å²) in [6, 6.07) is 9.85. The standard InChI is InChI=1S/C10H12N4O/c1-2-15-9(10-11-13-14-12-10)8-6-4-3-5-7-8/h3-7,9H,2H2,1H3,(H,11,12,13,14). The molecule has 0 saturated heterocycles. The number of aromatic nitrogens is 4. The topological polar surface area (TPSA) is 63.7 Å². The van der Waals surface area contributed by atoms with Crippen molar-refractivity contribution < 1.29 is 4.74 Å². The van der Waals surface area contributed by atoms with Crippen molar-refractivity contribution in [1.82, 2.24) is 20.6 Å². The van der Waals surface area contributed by atoms with Gasteiger partial charge in [0, 0.05) is 6.61 Å². The molecule has 0 saturated carbocycles. The zero-order valence-corrected chi connectivity index (χ0v) is 8.42. The second kappa shape index (κ2) is 4.65. The lowest BCUT2D eigenvalue weighted by molar-refractivity contribution is 0.0851. The molecule has 0 aliphatic heterocycles. The molecule has 0 bridgehead atoms. The smallest absolute Gasteiger partial charge is 0.207 e. The first kappa shape index (κ1) is 9.79. The zero-order chi connectivity index (χ0) is 10.5. The van der Waals surface area contributed by atoms with Crippen LogP contribution in [-0.4, -0.2) is 27.2 Å². The quantitative estimate of drug-likeness (QED) is 0.815. The third-order valence-corrected chi connectivity index (χ3v) is 2.03. The second-order valence-corrected chi connectivity index (χ2v) is 3.02. The van der Waals surface area contributed by atoms with Crippen LogP contribution in [0.1, 0.15) is 24.4 Å². The maximum atomic E-state index is 5.59. The van der Waals surface area contributed by atoms with Crippen molar-refractivity contribution in [3.8, 4) is 0 Å². The number of rotatable bonds is 4. The van der Waals surface area contributed by atoms with Crippen LogP contribution in [0.25, 0.3) is 0 Å². The van der Waals surface area contributed by atoms with E-state index in [0.29, 0.717) is 12.4 Å². The zero-order valence-electron chi connectivity index (χ0n) is 8.42. The minimum absolute atomic E-state index is 0.241. The van der Waals surface area contributed by atoms with Gasteiger partial charge in [0.1, 0.15) is 6.10 Å². The van der Waals surface area contributed by atoms with Crippen molar-refractivity contribution in [2.75, 3.05) is 6.61 Å². The summed E-state index contributed by atoms with van der Waals surface area (Å²) in [5, 5.41) is 13.8. The van der Waals surface area contributed by atoms with Gasteiger partial charge >= 0.3 is 0 Å². The Labute approximate surface area is 87.5 Å². The maximum absolute atomic E-state index is 5.59. The lowest BCUT2D eigenvalue weighted by atomic mass is 10.1. The highest BCUT2D eigenvalue weighted by Crippen LogP contribution is 2.21. The average Bonchev–Trinajstić information content (AvgIpc) is 2.80. The SMILES string of the molecule is CCOC(c1ccccc1)c1nn[nH]n1. The molecule has 0 radical (unpaired) electrons. The van der Waals surface area contributed by atoms with Crippen molar-refractivity contribution in [1.29, 1.82) is 0 Å². The van der Waals surface area contributed by atoms with Gasteiger partial charge in [-0.25, -0.2) is 0 Å². The summed E-state index contributed by atoms with van der Waals surface area (Å²) < 4.78 is 5.59. The van der Waals surface area contributed by atoms with E-state index in [4.69, 9.17) is 4.74 Å². The van der Waals surface area contributed by atoms with Crippen LogP contribution in [0.4, 0.5) is 0 Å². The van der Waals surface area contributed by atoms with Gasteiger partial charge in [0.05, 0.1) is 0 Å². The largest absolute Gasteiger partial charge is 0.366 e. The molecule has 0 amide bonds. The van der Waals surface area contributed by atoms with Gasteiger partial charge in [-0.05, 0) is 12.5 Å². The number of nitrogens with zero attached hydrogens (tertiary/aromatic N) is 3. The van der Waals surface area contributed by atoms with E-state index in [1.54, 1.807) is 0 Å². The van der Waals surface area contributed by atoms with Crippen molar-refractivity contribution in [2.45, 2.75) is 13.0 Å². The van der Waals surface area contributed by atoms with Crippen molar-refractivity contribution in [3.63, 3.8) is 0 Å². The molecule has 2 aromatic rings. The van der Waals surface area contributed by atoms with E-state index >= 15 is 0 Å². The summed E-state index contributed by atoms with van der Waals surface area (Å²) in [5.74, 6) is 0.558. The Hall–Kier alpha value is -1.75. The molecule has 0 aliphatic carbocycles. The minimum Gasteiger partial charge on any atom is -0.366 e. The Morgan fingerprint density at radius 2 is 2.13 bits per heavy atom. The lowest BCUT2D eigenvalue weighted by Gasteiger charge is -2.12. The first-order chi connectivity index (χ1) is 7.42. The Morgan fingerprint density at radius 1 is 1.33 bits per heavy atom. The van der Waals surface area contributed by atoms with Gasteiger partial charge in [0.25, 0.3) is 0 Å². The Morgan fingerprint density at radius 3 is 2.73 bits per heavy atom. The summed E-state index contributed by atoms with van der Waals surface area (Å²) in [6.07, 6.45) is -0.241. The molecule has 0 fully saturated rings. The normalized spacial score (nSPS) is 12.6. The number of tetrazole rings is 1. The van der Waals surface area contributed by atoms with Crippen LogP contribution >= 0.6 is 0 Å². The van der Waals surface area contributed by atoms with E-state index in [9.17, 15) is 0 Å². The van der Waals surface area contributed by atoms with Crippen LogP contribution < -0.4 is 0 Å². The molecule has 1 aromatic heterocycles. The number of ether oxygens (including phenoxy) is 1. The van der Waals surface area contributed by atoms with E-state index in [2.05, 4.69) is 20.6 Å². The lowest BCUT2D eigenvalue weighted by Crippen LogP contribution is -2.08. The maximum Gasteiger partial charge on any atom is 0.207 e. The summed E-state index contributed by atoms with van der Waals surface area (Å²) in [6.45, 7) is 2.55. The van der Waals surface area contributed by atoms with E-state index < -0.39 is 0 Å². The molecule has 0 spiro atoms. The van der Waals surface area contributed by atoms with Crippen molar-refractivity contribution in [3.05, 3.63) is 41.7 Å². The van der Waals surface area contributed by atoms with Crippen LogP contribution in [0.3, 0.4) is 0 Å². The highest BCUT2D eigenvalue weighted by molar-refractivity contribution is 5.22. The minimum atomic E-state index is -0.241. The molecule has 1 atom stereocenters. The van der Waals surface area contributed by atoms with Gasteiger partial charge in [0.2, 0.25) is 5.82 Å². The molecule has 0 aliphatic rings. The molecule has 5 heteroatoms. The van der Waals surface area contributed by atoms with Crippen LogP contribution in [0.5, 0.6) is 0 Å². The molecule has 1 unspecified atom stereocenters. The van der Waals surface area contributed by atoms with Crippen molar-refractivity contribution in [2.24, 2.45) is 0 Å². The molecule has 78 valence electrons. The summed E-state index contributed by atoms with van der Waals surface area (Å²) in [7, 11) is 0. The molecule has 1 N–H and O–H groups in total. The van der Waals surface area contributed by atoms with E-state index in [-0.39, 0.29) is 6.10 Å². The fourth-order valence-electron chi connectivity index (χ4n) is 1.39. The highest BCUT2D eigenvalue weighted by atomic mass is 16.5. The second-order valence-electron chi connectivity index (χ2n) is 3.02. The van der Waals surface area contributed by atoms with Gasteiger partial charge < -0.3 is 4.74 Å². The molecular weight excluding hydrogens is 192 g/mol. The van der Waals surface area contributed by atoms with Gasteiger partial charge in [-0.3, -0.25) is 0 Å². The molecular formula is C10H12N4O. The van der Waals surface area contributed by atoms with Crippen molar-refractivity contribution >= 4 is 0 Å². The van der Waals surface area contributed by atoms with Gasteiger partial charge in [-0.2, -0.15) is 5.21 Å². The predicted octanol–water partition coefficient (Wildman–Crippen LogP) is 1.33. The molecule has 15 heavy (non-hydrogen) atoms. The first-order valence-corrected chi connectivity index (χ1v) is 4.81. The highest BCUT2D eigenvalue weighted by Gasteiger charge is 2.17. The first-order valence-electron chi connectivity index (χ1n) is 4.81. The third-order valence-electron chi connectivity index (χ3n) is 2.03. The summed E-state index contributed by atoms with van der Waals surface area (Å²) in [4.78, 5) is 0. The average molecular weight is 204 g/mol. The number of hydrogen-bond acceptors (Lipinski definition) is 4. The Kier molecular flexibility index (Phi) is 3.04. The van der Waals surface area contributed by atoms with Crippen LogP contribution in [0, 0.1) is 0 Å². The Bertz CT molecular complexity index is 387. The van der Waals surface area contributed by atoms with E-state index in [0.717, 1.165) is 5.56 Å². The van der Waals surface area contributed by atoms with E-state index in [1.807, 2.05) is 37.3 Å². The molecule has 1 heterocycles. The number of benzene rings is 1. The molecule has 5 nitrogen and oxygen atoms in total. The fourth-order valence-corrected chi connectivity index (χ4v) is 1.39. The fraction of sp³-hybridized carbons (Fsp3) is 0.300. The third kappa shape index (κ3) is 2.19. The number of aromatic amines is 1. The number of nitrogens with one attached hydrogen (secondary N) is 1. The number of H-pyrrole nitrogens is 1. The predicted molar refractivity (Wildman–Crippen MR) is 54.1 cm³/mol. The molecule has 2 rings (SSSR count). The Balaban J connectivity index is 2.28. The monoisotopic (exact) mass is 204 g/mol. The van der Waals surface area contributed by atoms with Gasteiger partial charge in [0.15, 0.2) is 0 Å². The van der Waals surface area contributed by atoms with E-state index in [1.165, 1.54) is 0 Å². The van der Waals surface area contributed by atoms with Gasteiger partial charge in [-0.15, -0.1) is 10.2 Å². The molecule has 1 aromatic carbocycles. The van der Waals surface area contributed by atoms with Crippen LogP contribution in [0.15, 0.2) is 30.3 Å². The van der Waals surface area contributed by atoms with Crippen LogP contribution in [-0.2, 0) is 4.74 Å². The number of hydrogen-bond donors (Lipinski definition) is 1. The van der Waals surface area contributed by atoms with Crippen LogP contribution in [0.2, 0.25) is 0 Å². The summed E-state index contributed by atoms with van der Waals surface area (Å²) >= 11 is 0.